The topological polar surface area (TPSA) is 45.1 Å². The van der Waals surface area contributed by atoms with Crippen LogP contribution in [-0.2, 0) is 0 Å². The molecule has 3 nitrogen and oxygen atoms in total. The second-order valence-corrected chi connectivity index (χ2v) is 4.82. The van der Waals surface area contributed by atoms with Crippen LogP contribution in [0.1, 0.15) is 30.6 Å². The summed E-state index contributed by atoms with van der Waals surface area (Å²) in [7, 11) is 0. The third-order valence-electron chi connectivity index (χ3n) is 3.19. The molecule has 20 heavy (non-hydrogen) atoms. The molecule has 2 atom stereocenters. The zero-order chi connectivity index (χ0) is 14.4. The van der Waals surface area contributed by atoms with Crippen molar-refractivity contribution in [2.75, 3.05) is 6.61 Å². The van der Waals surface area contributed by atoms with Gasteiger partial charge in [-0.2, -0.15) is 0 Å². The highest BCUT2D eigenvalue weighted by Crippen LogP contribution is 2.21. The van der Waals surface area contributed by atoms with Gasteiger partial charge in [0.25, 0.3) is 0 Å². The van der Waals surface area contributed by atoms with Crippen LogP contribution in [-0.4, -0.2) is 22.7 Å². The van der Waals surface area contributed by atoms with Crippen LogP contribution < -0.4 is 5.32 Å². The summed E-state index contributed by atoms with van der Waals surface area (Å²) in [4.78, 5) is 4.17. The minimum atomic E-state index is -0.344. The lowest BCUT2D eigenvalue weighted by Crippen LogP contribution is -2.32. The highest BCUT2D eigenvalue weighted by atomic mass is 19.1. The molecule has 1 heterocycles. The van der Waals surface area contributed by atoms with E-state index in [4.69, 9.17) is 5.11 Å². The molecular formula is C16H19FN2O. The van der Waals surface area contributed by atoms with E-state index in [0.717, 1.165) is 11.3 Å². The standard InChI is InChI=1S/C16H19FN2O/c1-12(9-10-20)19-16(13-5-3-2-4-6-13)15-8-7-14(17)11-18-15/h2-8,11-12,16,19-20H,9-10H2,1H3/t12-,16-/m1/s1. The van der Waals surface area contributed by atoms with Crippen LogP contribution in [0.2, 0.25) is 0 Å². The first-order valence-corrected chi connectivity index (χ1v) is 6.74. The van der Waals surface area contributed by atoms with Gasteiger partial charge in [0.1, 0.15) is 5.82 Å². The molecular weight excluding hydrogens is 255 g/mol. The number of hydrogen-bond donors (Lipinski definition) is 2. The number of hydrogen-bond acceptors (Lipinski definition) is 3. The average molecular weight is 274 g/mol. The summed E-state index contributed by atoms with van der Waals surface area (Å²) in [5.41, 5.74) is 1.83. The zero-order valence-corrected chi connectivity index (χ0v) is 11.5. The molecule has 2 N–H and O–H groups in total. The van der Waals surface area contributed by atoms with Crippen molar-refractivity contribution in [3.05, 3.63) is 65.7 Å². The van der Waals surface area contributed by atoms with Gasteiger partial charge in [-0.15, -0.1) is 0 Å². The second kappa shape index (κ2) is 7.12. The fraction of sp³-hybridized carbons (Fsp3) is 0.312. The van der Waals surface area contributed by atoms with Gasteiger partial charge in [0.15, 0.2) is 0 Å². The minimum Gasteiger partial charge on any atom is -0.396 e. The van der Waals surface area contributed by atoms with E-state index in [1.54, 1.807) is 6.07 Å². The summed E-state index contributed by atoms with van der Waals surface area (Å²) in [6.07, 6.45) is 1.88. The first-order chi connectivity index (χ1) is 9.70. The molecule has 2 rings (SSSR count). The van der Waals surface area contributed by atoms with Crippen molar-refractivity contribution in [3.63, 3.8) is 0 Å². The fourth-order valence-electron chi connectivity index (χ4n) is 2.12. The van der Waals surface area contributed by atoms with Crippen molar-refractivity contribution in [1.82, 2.24) is 10.3 Å². The number of pyridine rings is 1. The summed E-state index contributed by atoms with van der Waals surface area (Å²) < 4.78 is 13.0. The Morgan fingerprint density at radius 3 is 2.55 bits per heavy atom. The van der Waals surface area contributed by atoms with E-state index in [2.05, 4.69) is 10.3 Å². The Labute approximate surface area is 118 Å². The number of aliphatic hydroxyl groups is 1. The molecule has 0 saturated carbocycles. The molecule has 0 radical (unpaired) electrons. The van der Waals surface area contributed by atoms with Crippen LogP contribution >= 0.6 is 0 Å². The van der Waals surface area contributed by atoms with E-state index in [1.165, 1.54) is 12.3 Å². The molecule has 1 aromatic carbocycles. The number of nitrogens with one attached hydrogen (secondary N) is 1. The smallest absolute Gasteiger partial charge is 0.141 e. The second-order valence-electron chi connectivity index (χ2n) is 4.82. The normalized spacial score (nSPS) is 13.9. The van der Waals surface area contributed by atoms with Gasteiger partial charge < -0.3 is 10.4 Å². The first-order valence-electron chi connectivity index (χ1n) is 6.74. The van der Waals surface area contributed by atoms with Crippen LogP contribution in [0.4, 0.5) is 4.39 Å². The molecule has 0 aliphatic rings. The van der Waals surface area contributed by atoms with Gasteiger partial charge in [0.2, 0.25) is 0 Å². The lowest BCUT2D eigenvalue weighted by atomic mass is 10.0. The monoisotopic (exact) mass is 274 g/mol. The van der Waals surface area contributed by atoms with Crippen molar-refractivity contribution in [2.24, 2.45) is 0 Å². The van der Waals surface area contributed by atoms with E-state index in [-0.39, 0.29) is 24.5 Å². The van der Waals surface area contributed by atoms with E-state index in [9.17, 15) is 4.39 Å². The van der Waals surface area contributed by atoms with Gasteiger partial charge in [-0.1, -0.05) is 30.3 Å². The molecule has 1 aromatic heterocycles. The van der Waals surface area contributed by atoms with Crippen LogP contribution in [0.15, 0.2) is 48.7 Å². The maximum atomic E-state index is 13.0. The molecule has 106 valence electrons. The highest BCUT2D eigenvalue weighted by molar-refractivity contribution is 5.27. The molecule has 0 aliphatic carbocycles. The molecule has 0 spiro atoms. The molecule has 0 amide bonds. The molecule has 0 unspecified atom stereocenters. The molecule has 0 aliphatic heterocycles. The summed E-state index contributed by atoms with van der Waals surface area (Å²) in [5, 5.41) is 12.4. The number of aliphatic hydroxyl groups excluding tert-OH is 1. The van der Waals surface area contributed by atoms with Gasteiger partial charge in [-0.25, -0.2) is 4.39 Å². The Hall–Kier alpha value is -1.78. The van der Waals surface area contributed by atoms with E-state index < -0.39 is 0 Å². The van der Waals surface area contributed by atoms with Gasteiger partial charge in [-0.05, 0) is 31.0 Å². The van der Waals surface area contributed by atoms with Gasteiger partial charge >= 0.3 is 0 Å². The van der Waals surface area contributed by atoms with Crippen molar-refractivity contribution in [2.45, 2.75) is 25.4 Å². The number of rotatable bonds is 6. The lowest BCUT2D eigenvalue weighted by molar-refractivity contribution is 0.265. The van der Waals surface area contributed by atoms with Gasteiger partial charge in [0.05, 0.1) is 17.9 Å². The van der Waals surface area contributed by atoms with E-state index >= 15 is 0 Å². The van der Waals surface area contributed by atoms with Crippen molar-refractivity contribution < 1.29 is 9.50 Å². The number of aromatic nitrogens is 1. The SMILES string of the molecule is C[C@H](CCO)N[C@H](c1ccccc1)c1ccc(F)cn1. The third kappa shape index (κ3) is 3.85. The van der Waals surface area contributed by atoms with Crippen LogP contribution in [0.25, 0.3) is 0 Å². The molecule has 0 saturated heterocycles. The molecule has 4 heteroatoms. The average Bonchev–Trinajstić information content (AvgIpc) is 2.47. The summed E-state index contributed by atoms with van der Waals surface area (Å²) in [6.45, 7) is 2.14. The Morgan fingerprint density at radius 1 is 1.20 bits per heavy atom. The van der Waals surface area contributed by atoms with Crippen LogP contribution in [0.5, 0.6) is 0 Å². The van der Waals surface area contributed by atoms with Gasteiger partial charge in [0, 0.05) is 12.6 Å². The van der Waals surface area contributed by atoms with Crippen LogP contribution in [0, 0.1) is 5.82 Å². The van der Waals surface area contributed by atoms with E-state index in [0.29, 0.717) is 6.42 Å². The first kappa shape index (κ1) is 14.6. The summed E-state index contributed by atoms with van der Waals surface area (Å²) in [5.74, 6) is -0.344. The number of halogens is 1. The third-order valence-corrected chi connectivity index (χ3v) is 3.19. The number of benzene rings is 1. The van der Waals surface area contributed by atoms with Crippen molar-refractivity contribution >= 4 is 0 Å². The minimum absolute atomic E-state index is 0.113. The molecule has 0 fully saturated rings. The zero-order valence-electron chi connectivity index (χ0n) is 11.5. The van der Waals surface area contributed by atoms with Crippen LogP contribution in [0.3, 0.4) is 0 Å². The molecule has 2 aromatic rings. The number of nitrogens with zero attached hydrogens (tertiary/aromatic N) is 1. The Morgan fingerprint density at radius 2 is 1.95 bits per heavy atom. The Kier molecular flexibility index (Phi) is 5.21. The highest BCUT2D eigenvalue weighted by Gasteiger charge is 2.17. The lowest BCUT2D eigenvalue weighted by Gasteiger charge is -2.23. The molecule has 0 bridgehead atoms. The Bertz CT molecular complexity index is 516. The van der Waals surface area contributed by atoms with Crippen molar-refractivity contribution in [1.29, 1.82) is 0 Å². The predicted octanol–water partition coefficient (Wildman–Crippen LogP) is 2.67. The Balaban J connectivity index is 2.26. The summed E-state index contributed by atoms with van der Waals surface area (Å²) >= 11 is 0. The predicted molar refractivity (Wildman–Crippen MR) is 76.8 cm³/mol. The fourth-order valence-corrected chi connectivity index (χ4v) is 2.12. The quantitative estimate of drug-likeness (QED) is 0.851. The van der Waals surface area contributed by atoms with Gasteiger partial charge in [-0.3, -0.25) is 4.98 Å². The maximum absolute atomic E-state index is 13.0. The maximum Gasteiger partial charge on any atom is 0.141 e. The largest absolute Gasteiger partial charge is 0.396 e. The van der Waals surface area contributed by atoms with E-state index in [1.807, 2.05) is 37.3 Å². The van der Waals surface area contributed by atoms with Crippen molar-refractivity contribution in [3.8, 4) is 0 Å². The summed E-state index contributed by atoms with van der Waals surface area (Å²) in [6, 6.07) is 13.0.